The second-order valence-corrected chi connectivity index (χ2v) is 5.62. The minimum absolute atomic E-state index is 0.240. The molecule has 0 aliphatic rings. The fourth-order valence-electron chi connectivity index (χ4n) is 2.11. The van der Waals surface area contributed by atoms with Crippen molar-refractivity contribution in [2.24, 2.45) is 0 Å². The Bertz CT molecular complexity index is 870. The van der Waals surface area contributed by atoms with Gasteiger partial charge in [-0.25, -0.2) is 4.68 Å². The maximum atomic E-state index is 12.0. The van der Waals surface area contributed by atoms with E-state index in [1.165, 1.54) is 6.08 Å². The third-order valence-electron chi connectivity index (χ3n) is 3.36. The highest BCUT2D eigenvalue weighted by molar-refractivity contribution is 6.30. The second kappa shape index (κ2) is 7.10. The van der Waals surface area contributed by atoms with Gasteiger partial charge in [-0.3, -0.25) is 9.78 Å². The van der Waals surface area contributed by atoms with Gasteiger partial charge < -0.3 is 5.32 Å². The Morgan fingerprint density at radius 3 is 2.58 bits per heavy atom. The summed E-state index contributed by atoms with van der Waals surface area (Å²) in [4.78, 5) is 16.0. The summed E-state index contributed by atoms with van der Waals surface area (Å²) < 4.78 is 1.70. The molecule has 0 fully saturated rings. The standard InChI is InChI=1S/C18H15ClN4O/c1-13-12-23(16-5-3-15(19)4-6-16)22-18(13)21-17(24)7-2-14-8-10-20-11-9-14/h2-12H,1H3,(H,21,22,24)/b7-2+. The monoisotopic (exact) mass is 338 g/mol. The Kier molecular flexibility index (Phi) is 4.72. The molecule has 120 valence electrons. The van der Waals surface area contributed by atoms with Gasteiger partial charge in [0.05, 0.1) is 5.69 Å². The van der Waals surface area contributed by atoms with Crippen molar-refractivity contribution in [3.8, 4) is 5.69 Å². The third kappa shape index (κ3) is 3.88. The summed E-state index contributed by atoms with van der Waals surface area (Å²) >= 11 is 5.89. The lowest BCUT2D eigenvalue weighted by molar-refractivity contribution is -0.111. The number of nitrogens with zero attached hydrogens (tertiary/aromatic N) is 3. The number of nitrogens with one attached hydrogen (secondary N) is 1. The predicted octanol–water partition coefficient (Wildman–Crippen LogP) is 3.88. The number of amides is 1. The molecule has 0 saturated heterocycles. The number of hydrogen-bond donors (Lipinski definition) is 1. The maximum absolute atomic E-state index is 12.0. The van der Waals surface area contributed by atoms with Crippen LogP contribution < -0.4 is 5.32 Å². The summed E-state index contributed by atoms with van der Waals surface area (Å²) in [6.07, 6.45) is 8.40. The van der Waals surface area contributed by atoms with Gasteiger partial charge in [0, 0.05) is 35.3 Å². The molecule has 3 aromatic rings. The van der Waals surface area contributed by atoms with Crippen molar-refractivity contribution in [1.29, 1.82) is 0 Å². The van der Waals surface area contributed by atoms with E-state index in [1.54, 1.807) is 35.3 Å². The summed E-state index contributed by atoms with van der Waals surface area (Å²) in [5, 5.41) is 7.85. The molecule has 0 spiro atoms. The molecule has 0 atom stereocenters. The van der Waals surface area contributed by atoms with Gasteiger partial charge in [-0.2, -0.15) is 0 Å². The number of hydrogen-bond acceptors (Lipinski definition) is 3. The summed E-state index contributed by atoms with van der Waals surface area (Å²) in [7, 11) is 0. The van der Waals surface area contributed by atoms with Gasteiger partial charge in [0.15, 0.2) is 5.82 Å². The number of anilines is 1. The molecule has 0 saturated carbocycles. The van der Waals surface area contributed by atoms with Crippen LogP contribution in [0.3, 0.4) is 0 Å². The Labute approximate surface area is 144 Å². The van der Waals surface area contributed by atoms with Crippen LogP contribution in [0.25, 0.3) is 11.8 Å². The van der Waals surface area contributed by atoms with Crippen molar-refractivity contribution < 1.29 is 4.79 Å². The highest BCUT2D eigenvalue weighted by atomic mass is 35.5. The van der Waals surface area contributed by atoms with Crippen LogP contribution in [0.2, 0.25) is 5.02 Å². The van der Waals surface area contributed by atoms with Gasteiger partial charge in [-0.15, -0.1) is 5.10 Å². The first kappa shape index (κ1) is 16.0. The van der Waals surface area contributed by atoms with E-state index < -0.39 is 0 Å². The minimum Gasteiger partial charge on any atom is -0.305 e. The van der Waals surface area contributed by atoms with Crippen molar-refractivity contribution in [2.75, 3.05) is 5.32 Å². The van der Waals surface area contributed by atoms with Crippen LogP contribution >= 0.6 is 11.6 Å². The van der Waals surface area contributed by atoms with E-state index in [0.29, 0.717) is 10.8 Å². The van der Waals surface area contributed by atoms with Crippen molar-refractivity contribution >= 4 is 29.4 Å². The number of rotatable bonds is 4. The molecule has 1 amide bonds. The SMILES string of the molecule is Cc1cn(-c2ccc(Cl)cc2)nc1NC(=O)/C=C/c1ccncc1. The van der Waals surface area contributed by atoms with Gasteiger partial charge in [-0.1, -0.05) is 11.6 Å². The molecule has 3 rings (SSSR count). The Morgan fingerprint density at radius 1 is 1.17 bits per heavy atom. The fourth-order valence-corrected chi connectivity index (χ4v) is 2.24. The molecule has 2 heterocycles. The minimum atomic E-state index is -0.240. The first-order valence-electron chi connectivity index (χ1n) is 7.33. The van der Waals surface area contributed by atoms with Crippen molar-refractivity contribution in [3.63, 3.8) is 0 Å². The lowest BCUT2D eigenvalue weighted by Crippen LogP contribution is -2.09. The van der Waals surface area contributed by atoms with Crippen LogP contribution in [-0.2, 0) is 4.79 Å². The smallest absolute Gasteiger partial charge is 0.249 e. The largest absolute Gasteiger partial charge is 0.305 e. The molecule has 1 N–H and O–H groups in total. The topological polar surface area (TPSA) is 59.8 Å². The zero-order chi connectivity index (χ0) is 16.9. The molecule has 0 aliphatic heterocycles. The lowest BCUT2D eigenvalue weighted by atomic mass is 10.2. The summed E-state index contributed by atoms with van der Waals surface area (Å²) in [5.41, 5.74) is 2.65. The summed E-state index contributed by atoms with van der Waals surface area (Å²) in [5.74, 6) is 0.283. The van der Waals surface area contributed by atoms with E-state index >= 15 is 0 Å². The number of carbonyl (C=O) groups is 1. The number of aryl methyl sites for hydroxylation is 1. The van der Waals surface area contributed by atoms with E-state index in [-0.39, 0.29) is 5.91 Å². The third-order valence-corrected chi connectivity index (χ3v) is 3.62. The van der Waals surface area contributed by atoms with Crippen LogP contribution in [0.15, 0.2) is 61.1 Å². The van der Waals surface area contributed by atoms with Crippen molar-refractivity contribution in [2.45, 2.75) is 6.92 Å². The van der Waals surface area contributed by atoms with E-state index in [4.69, 9.17) is 11.6 Å². The van der Waals surface area contributed by atoms with Crippen molar-refractivity contribution in [3.05, 3.63) is 77.2 Å². The quantitative estimate of drug-likeness (QED) is 0.734. The molecule has 5 nitrogen and oxygen atoms in total. The van der Waals surface area contributed by atoms with Crippen LogP contribution in [0.1, 0.15) is 11.1 Å². The van der Waals surface area contributed by atoms with E-state index in [1.807, 2.05) is 37.4 Å². The number of halogens is 1. The van der Waals surface area contributed by atoms with Crippen LogP contribution in [-0.4, -0.2) is 20.7 Å². The van der Waals surface area contributed by atoms with Crippen LogP contribution in [0.5, 0.6) is 0 Å². The number of carbonyl (C=O) groups excluding carboxylic acids is 1. The maximum Gasteiger partial charge on any atom is 0.249 e. The van der Waals surface area contributed by atoms with Crippen LogP contribution in [0.4, 0.5) is 5.82 Å². The highest BCUT2D eigenvalue weighted by Crippen LogP contribution is 2.17. The molecule has 2 aromatic heterocycles. The molecular weight excluding hydrogens is 324 g/mol. The van der Waals surface area contributed by atoms with Gasteiger partial charge in [-0.05, 0) is 55.0 Å². The first-order valence-corrected chi connectivity index (χ1v) is 7.71. The van der Waals surface area contributed by atoms with Gasteiger partial charge in [0.25, 0.3) is 0 Å². The first-order chi connectivity index (χ1) is 11.6. The average molecular weight is 339 g/mol. The highest BCUT2D eigenvalue weighted by Gasteiger charge is 2.08. The summed E-state index contributed by atoms with van der Waals surface area (Å²) in [6, 6.07) is 11.0. The molecule has 6 heteroatoms. The zero-order valence-electron chi connectivity index (χ0n) is 13.0. The lowest BCUT2D eigenvalue weighted by Gasteiger charge is -2.01. The van der Waals surface area contributed by atoms with Crippen molar-refractivity contribution in [1.82, 2.24) is 14.8 Å². The van der Waals surface area contributed by atoms with E-state index in [0.717, 1.165) is 16.8 Å². The fraction of sp³-hybridized carbons (Fsp3) is 0.0556. The molecule has 0 aliphatic carbocycles. The molecular formula is C18H15ClN4O. The van der Waals surface area contributed by atoms with Gasteiger partial charge in [0.1, 0.15) is 0 Å². The number of pyridine rings is 1. The Hall–Kier alpha value is -2.92. The van der Waals surface area contributed by atoms with E-state index in [2.05, 4.69) is 15.4 Å². The molecule has 0 unspecified atom stereocenters. The number of benzene rings is 1. The summed E-state index contributed by atoms with van der Waals surface area (Å²) in [6.45, 7) is 1.89. The zero-order valence-corrected chi connectivity index (χ0v) is 13.7. The Morgan fingerprint density at radius 2 is 1.88 bits per heavy atom. The average Bonchev–Trinajstić information content (AvgIpc) is 2.95. The Balaban J connectivity index is 1.72. The van der Waals surface area contributed by atoms with Gasteiger partial charge in [0.2, 0.25) is 5.91 Å². The number of aromatic nitrogens is 3. The van der Waals surface area contributed by atoms with Crippen LogP contribution in [0, 0.1) is 6.92 Å². The molecule has 24 heavy (non-hydrogen) atoms. The van der Waals surface area contributed by atoms with Gasteiger partial charge >= 0.3 is 0 Å². The second-order valence-electron chi connectivity index (χ2n) is 5.18. The molecule has 0 bridgehead atoms. The predicted molar refractivity (Wildman–Crippen MR) is 95.2 cm³/mol. The molecule has 1 aromatic carbocycles. The normalized spacial score (nSPS) is 10.9. The molecule has 0 radical (unpaired) electrons. The van der Waals surface area contributed by atoms with E-state index in [9.17, 15) is 4.79 Å².